The van der Waals surface area contributed by atoms with Gasteiger partial charge in [0.1, 0.15) is 11.6 Å². The molecule has 1 atom stereocenters. The highest BCUT2D eigenvalue weighted by atomic mass is 79.9. The summed E-state index contributed by atoms with van der Waals surface area (Å²) >= 11 is 3.36. The fraction of sp³-hybridized carbons (Fsp3) is 0.250. The predicted octanol–water partition coefficient (Wildman–Crippen LogP) is 1.94. The molecule has 2 rings (SSSR count). The lowest BCUT2D eigenvalue weighted by atomic mass is 10.2. The summed E-state index contributed by atoms with van der Waals surface area (Å²) in [6, 6.07) is 3.37. The summed E-state index contributed by atoms with van der Waals surface area (Å²) in [5, 5.41) is 5.72. The Bertz CT molecular complexity index is 587. The summed E-state index contributed by atoms with van der Waals surface area (Å²) in [7, 11) is 1.61. The Balaban J connectivity index is 2.36. The van der Waals surface area contributed by atoms with E-state index in [2.05, 4.69) is 36.5 Å². The molecule has 0 saturated heterocycles. The number of amides is 1. The highest BCUT2D eigenvalue weighted by Crippen LogP contribution is 2.22. The maximum absolute atomic E-state index is 11.5. The number of carbonyl (C=O) groups excluding carboxylic acids is 1. The molecule has 0 spiro atoms. The van der Waals surface area contributed by atoms with Crippen LogP contribution in [-0.4, -0.2) is 29.0 Å². The zero-order valence-electron chi connectivity index (χ0n) is 10.1. The summed E-state index contributed by atoms with van der Waals surface area (Å²) in [6.45, 7) is 1.80. The van der Waals surface area contributed by atoms with Crippen LogP contribution in [0.3, 0.4) is 0 Å². The molecular formula is C12H13BrN4O. The van der Waals surface area contributed by atoms with E-state index in [1.165, 1.54) is 0 Å². The van der Waals surface area contributed by atoms with Crippen molar-refractivity contribution in [2.24, 2.45) is 0 Å². The van der Waals surface area contributed by atoms with Gasteiger partial charge < -0.3 is 10.6 Å². The molecule has 2 heterocycles. The van der Waals surface area contributed by atoms with Gasteiger partial charge in [0, 0.05) is 23.9 Å². The minimum atomic E-state index is -0.328. The highest BCUT2D eigenvalue weighted by molar-refractivity contribution is 9.10. The van der Waals surface area contributed by atoms with Gasteiger partial charge in [-0.25, -0.2) is 0 Å². The minimum absolute atomic E-state index is 0.0722. The van der Waals surface area contributed by atoms with Gasteiger partial charge in [0.05, 0.1) is 11.2 Å². The molecule has 5 nitrogen and oxygen atoms in total. The number of hydrogen-bond donors (Lipinski definition) is 2. The monoisotopic (exact) mass is 308 g/mol. The third-order valence-electron chi connectivity index (χ3n) is 2.56. The summed E-state index contributed by atoms with van der Waals surface area (Å²) in [6.07, 6.45) is 3.40. The van der Waals surface area contributed by atoms with E-state index in [1.807, 2.05) is 12.1 Å². The molecule has 0 bridgehead atoms. The van der Waals surface area contributed by atoms with E-state index in [0.717, 1.165) is 21.2 Å². The Kier molecular flexibility index (Phi) is 3.76. The summed E-state index contributed by atoms with van der Waals surface area (Å²) < 4.78 is 0.874. The Morgan fingerprint density at radius 3 is 2.94 bits per heavy atom. The summed E-state index contributed by atoms with van der Waals surface area (Å²) in [4.78, 5) is 20.0. The number of rotatable bonds is 3. The number of halogens is 1. The van der Waals surface area contributed by atoms with Crippen molar-refractivity contribution in [1.29, 1.82) is 0 Å². The van der Waals surface area contributed by atoms with Crippen LogP contribution >= 0.6 is 15.9 Å². The number of nitrogens with zero attached hydrogens (tertiary/aromatic N) is 2. The van der Waals surface area contributed by atoms with Crippen LogP contribution in [0.15, 0.2) is 29.0 Å². The van der Waals surface area contributed by atoms with Gasteiger partial charge in [-0.05, 0) is 35.0 Å². The van der Waals surface area contributed by atoms with Crippen LogP contribution in [0.25, 0.3) is 11.0 Å². The zero-order valence-corrected chi connectivity index (χ0v) is 11.7. The van der Waals surface area contributed by atoms with Crippen LogP contribution in [0, 0.1) is 0 Å². The number of nitrogens with one attached hydrogen (secondary N) is 2. The molecule has 0 saturated carbocycles. The third-order valence-corrected chi connectivity index (χ3v) is 2.99. The van der Waals surface area contributed by atoms with Crippen molar-refractivity contribution in [3.8, 4) is 0 Å². The predicted molar refractivity (Wildman–Crippen MR) is 74.4 cm³/mol. The van der Waals surface area contributed by atoms with Gasteiger partial charge in [0.15, 0.2) is 0 Å². The van der Waals surface area contributed by atoms with Gasteiger partial charge in [-0.15, -0.1) is 0 Å². The molecule has 1 amide bonds. The van der Waals surface area contributed by atoms with Crippen LogP contribution in [0.1, 0.15) is 6.92 Å². The Labute approximate surface area is 113 Å². The van der Waals surface area contributed by atoms with E-state index in [4.69, 9.17) is 0 Å². The van der Waals surface area contributed by atoms with E-state index in [1.54, 1.807) is 26.4 Å². The molecule has 1 unspecified atom stereocenters. The van der Waals surface area contributed by atoms with E-state index in [9.17, 15) is 4.79 Å². The van der Waals surface area contributed by atoms with Gasteiger partial charge in [0.25, 0.3) is 0 Å². The molecule has 94 valence electrons. The largest absolute Gasteiger partial charge is 0.372 e. The molecule has 0 aromatic carbocycles. The number of likely N-dealkylation sites (N-methyl/N-ethyl adjacent to an activating group) is 1. The molecule has 2 N–H and O–H groups in total. The molecule has 18 heavy (non-hydrogen) atoms. The topological polar surface area (TPSA) is 66.9 Å². The summed E-state index contributed by atoms with van der Waals surface area (Å²) in [5.74, 6) is -0.0722. The molecule has 0 aliphatic heterocycles. The minimum Gasteiger partial charge on any atom is -0.372 e. The van der Waals surface area contributed by atoms with E-state index in [-0.39, 0.29) is 11.9 Å². The molecule has 0 aliphatic rings. The highest BCUT2D eigenvalue weighted by Gasteiger charge is 2.12. The van der Waals surface area contributed by atoms with E-state index < -0.39 is 0 Å². The van der Waals surface area contributed by atoms with Crippen molar-refractivity contribution in [3.05, 3.63) is 29.0 Å². The lowest BCUT2D eigenvalue weighted by molar-refractivity contribution is -0.121. The van der Waals surface area contributed by atoms with Crippen molar-refractivity contribution >= 4 is 38.6 Å². The average molecular weight is 309 g/mol. The van der Waals surface area contributed by atoms with Gasteiger partial charge >= 0.3 is 0 Å². The summed E-state index contributed by atoms with van der Waals surface area (Å²) in [5.41, 5.74) is 2.32. The SMILES string of the molecule is CNC(=O)C(C)Nc1ccnc2cc(Br)cnc12. The van der Waals surface area contributed by atoms with Gasteiger partial charge in [-0.2, -0.15) is 0 Å². The Hall–Kier alpha value is -1.69. The quantitative estimate of drug-likeness (QED) is 0.909. The van der Waals surface area contributed by atoms with Crippen molar-refractivity contribution in [3.63, 3.8) is 0 Å². The van der Waals surface area contributed by atoms with E-state index in [0.29, 0.717) is 0 Å². The smallest absolute Gasteiger partial charge is 0.241 e. The number of carbonyl (C=O) groups is 1. The molecule has 6 heteroatoms. The van der Waals surface area contributed by atoms with Crippen molar-refractivity contribution in [2.75, 3.05) is 12.4 Å². The zero-order chi connectivity index (χ0) is 13.1. The van der Waals surface area contributed by atoms with Crippen molar-refractivity contribution in [1.82, 2.24) is 15.3 Å². The third kappa shape index (κ3) is 2.59. The number of pyridine rings is 2. The number of aromatic nitrogens is 2. The molecule has 0 aliphatic carbocycles. The first-order chi connectivity index (χ1) is 8.61. The maximum atomic E-state index is 11.5. The van der Waals surface area contributed by atoms with Crippen LogP contribution in [0.5, 0.6) is 0 Å². The molecule has 0 radical (unpaired) electrons. The Morgan fingerprint density at radius 1 is 1.44 bits per heavy atom. The molecule has 2 aromatic rings. The van der Waals surface area contributed by atoms with E-state index >= 15 is 0 Å². The Morgan fingerprint density at radius 2 is 2.22 bits per heavy atom. The lowest BCUT2D eigenvalue weighted by Gasteiger charge is -2.14. The number of fused-ring (bicyclic) bond motifs is 1. The van der Waals surface area contributed by atoms with Crippen LogP contribution in [-0.2, 0) is 4.79 Å². The number of anilines is 1. The molecule has 2 aromatic heterocycles. The van der Waals surface area contributed by atoms with Crippen LogP contribution < -0.4 is 10.6 Å². The standard InChI is InChI=1S/C12H13BrN4O/c1-7(12(18)14-2)17-9-3-4-15-10-5-8(13)6-16-11(9)10/h3-7H,1-2H3,(H,14,18)(H,15,17). The first-order valence-corrected chi connectivity index (χ1v) is 6.29. The lowest BCUT2D eigenvalue weighted by Crippen LogP contribution is -2.35. The second kappa shape index (κ2) is 5.30. The first kappa shape index (κ1) is 12.8. The second-order valence-corrected chi connectivity index (χ2v) is 4.78. The second-order valence-electron chi connectivity index (χ2n) is 3.86. The maximum Gasteiger partial charge on any atom is 0.241 e. The number of hydrogen-bond acceptors (Lipinski definition) is 4. The average Bonchev–Trinajstić information content (AvgIpc) is 2.37. The van der Waals surface area contributed by atoms with Crippen LogP contribution in [0.2, 0.25) is 0 Å². The normalized spacial score (nSPS) is 12.2. The van der Waals surface area contributed by atoms with Gasteiger partial charge in [0.2, 0.25) is 5.91 Å². The van der Waals surface area contributed by atoms with Crippen molar-refractivity contribution < 1.29 is 4.79 Å². The van der Waals surface area contributed by atoms with Crippen LogP contribution in [0.4, 0.5) is 5.69 Å². The van der Waals surface area contributed by atoms with Gasteiger partial charge in [-0.3, -0.25) is 14.8 Å². The first-order valence-electron chi connectivity index (χ1n) is 5.50. The van der Waals surface area contributed by atoms with Gasteiger partial charge in [-0.1, -0.05) is 0 Å². The fourth-order valence-corrected chi connectivity index (χ4v) is 1.96. The molecule has 0 fully saturated rings. The fourth-order valence-electron chi connectivity index (χ4n) is 1.64. The van der Waals surface area contributed by atoms with Crippen molar-refractivity contribution in [2.45, 2.75) is 13.0 Å². The molecular weight excluding hydrogens is 296 g/mol.